The summed E-state index contributed by atoms with van der Waals surface area (Å²) in [5.74, 6) is 0. The molecule has 1 aromatic carbocycles. The maximum Gasteiger partial charge on any atom is 0.260 e. The third-order valence-electron chi connectivity index (χ3n) is 5.95. The number of fused-ring (bicyclic) bond motifs is 1. The number of hydrogen-bond acceptors (Lipinski definition) is 5. The monoisotopic (exact) mass is 426 g/mol. The van der Waals surface area contributed by atoms with Gasteiger partial charge in [-0.25, -0.2) is 4.98 Å². The van der Waals surface area contributed by atoms with Gasteiger partial charge in [0, 0.05) is 50.2 Å². The Bertz CT molecular complexity index is 1300. The quantitative estimate of drug-likeness (QED) is 0.512. The van der Waals surface area contributed by atoms with E-state index < -0.39 is 0 Å². The molecule has 162 valence electrons. The Morgan fingerprint density at radius 2 is 1.81 bits per heavy atom. The highest BCUT2D eigenvalue weighted by Crippen LogP contribution is 2.22. The summed E-state index contributed by atoms with van der Waals surface area (Å²) in [6.45, 7) is 5.53. The second-order valence-electron chi connectivity index (χ2n) is 8.30. The molecule has 4 aromatic rings. The lowest BCUT2D eigenvalue weighted by atomic mass is 10.1. The zero-order valence-corrected chi connectivity index (χ0v) is 18.1. The number of nitrogens with zero attached hydrogens (tertiary/aromatic N) is 4. The van der Waals surface area contributed by atoms with Crippen molar-refractivity contribution in [3.8, 4) is 11.3 Å². The van der Waals surface area contributed by atoms with Crippen molar-refractivity contribution in [2.45, 2.75) is 6.54 Å². The van der Waals surface area contributed by atoms with Gasteiger partial charge in [0.1, 0.15) is 5.65 Å². The number of rotatable bonds is 5. The molecule has 0 spiro atoms. The van der Waals surface area contributed by atoms with E-state index in [9.17, 15) is 4.79 Å². The maximum absolute atomic E-state index is 12.0. The van der Waals surface area contributed by atoms with Crippen LogP contribution in [0.5, 0.6) is 0 Å². The molecule has 4 heterocycles. The Morgan fingerprint density at radius 1 is 1.00 bits per heavy atom. The van der Waals surface area contributed by atoms with Crippen LogP contribution in [0, 0.1) is 0 Å². The van der Waals surface area contributed by atoms with Gasteiger partial charge in [0.05, 0.1) is 17.4 Å². The maximum atomic E-state index is 12.0. The van der Waals surface area contributed by atoms with Gasteiger partial charge in [0.2, 0.25) is 0 Å². The van der Waals surface area contributed by atoms with Crippen molar-refractivity contribution in [1.82, 2.24) is 29.7 Å². The van der Waals surface area contributed by atoms with Crippen LogP contribution in [0.1, 0.15) is 16.8 Å². The molecule has 0 amide bonds. The van der Waals surface area contributed by atoms with E-state index in [1.165, 1.54) is 11.9 Å². The van der Waals surface area contributed by atoms with Crippen LogP contribution < -0.4 is 5.56 Å². The second-order valence-corrected chi connectivity index (χ2v) is 8.30. The molecule has 1 aliphatic rings. The Labute approximate surface area is 186 Å². The summed E-state index contributed by atoms with van der Waals surface area (Å²) >= 11 is 0. The van der Waals surface area contributed by atoms with Gasteiger partial charge in [-0.3, -0.25) is 14.7 Å². The van der Waals surface area contributed by atoms with E-state index in [1.54, 1.807) is 6.20 Å². The minimum absolute atomic E-state index is 0.150. The first kappa shape index (κ1) is 20.4. The lowest BCUT2D eigenvalue weighted by Crippen LogP contribution is -2.43. The summed E-state index contributed by atoms with van der Waals surface area (Å²) in [6, 6.07) is 14.5. The highest BCUT2D eigenvalue weighted by Gasteiger charge is 2.13. The van der Waals surface area contributed by atoms with Crippen molar-refractivity contribution >= 4 is 23.2 Å². The summed E-state index contributed by atoms with van der Waals surface area (Å²) in [6.07, 6.45) is 7.26. The van der Waals surface area contributed by atoms with Crippen LogP contribution in [0.25, 0.3) is 34.4 Å². The molecule has 7 nitrogen and oxygen atoms in total. The van der Waals surface area contributed by atoms with E-state index in [4.69, 9.17) is 0 Å². The average molecular weight is 427 g/mol. The van der Waals surface area contributed by atoms with Crippen LogP contribution in [-0.2, 0) is 6.54 Å². The third-order valence-corrected chi connectivity index (χ3v) is 5.95. The molecule has 2 N–H and O–H groups in total. The molecule has 7 heteroatoms. The molecule has 0 bridgehead atoms. The van der Waals surface area contributed by atoms with Crippen LogP contribution in [0.3, 0.4) is 0 Å². The fourth-order valence-corrected chi connectivity index (χ4v) is 3.99. The van der Waals surface area contributed by atoms with Gasteiger partial charge in [-0.15, -0.1) is 0 Å². The minimum Gasteiger partial charge on any atom is -0.339 e. The summed E-state index contributed by atoms with van der Waals surface area (Å²) in [5, 5.41) is 0.549. The van der Waals surface area contributed by atoms with E-state index in [0.29, 0.717) is 11.0 Å². The fraction of sp³-hybridized carbons (Fsp3) is 0.240. The van der Waals surface area contributed by atoms with Crippen LogP contribution in [0.15, 0.2) is 59.8 Å². The largest absolute Gasteiger partial charge is 0.339 e. The second kappa shape index (κ2) is 8.90. The summed E-state index contributed by atoms with van der Waals surface area (Å²) in [7, 11) is 2.18. The van der Waals surface area contributed by atoms with Crippen molar-refractivity contribution in [1.29, 1.82) is 0 Å². The fourth-order valence-electron chi connectivity index (χ4n) is 3.99. The predicted molar refractivity (Wildman–Crippen MR) is 128 cm³/mol. The highest BCUT2D eigenvalue weighted by atomic mass is 16.1. The summed E-state index contributed by atoms with van der Waals surface area (Å²) in [5.41, 5.74) is 5.56. The molecular weight excluding hydrogens is 400 g/mol. The van der Waals surface area contributed by atoms with Crippen molar-refractivity contribution < 1.29 is 0 Å². The molecule has 1 aliphatic heterocycles. The SMILES string of the molecule is CN1CCN(Cc2ccc(/C=C/c3cc(-c4cc5c(=O)[nH]cnc5[nH]4)ccn3)cc2)CC1. The Kier molecular flexibility index (Phi) is 5.66. The predicted octanol–water partition coefficient (Wildman–Crippen LogP) is 3.23. The van der Waals surface area contributed by atoms with E-state index in [1.807, 2.05) is 24.3 Å². The third kappa shape index (κ3) is 4.54. The molecule has 1 saturated heterocycles. The molecule has 1 fully saturated rings. The van der Waals surface area contributed by atoms with E-state index in [2.05, 4.69) is 67.1 Å². The topological polar surface area (TPSA) is 80.9 Å². The number of H-pyrrole nitrogens is 2. The number of hydrogen-bond donors (Lipinski definition) is 2. The molecule has 0 atom stereocenters. The van der Waals surface area contributed by atoms with Crippen LogP contribution in [0.2, 0.25) is 0 Å². The number of nitrogens with one attached hydrogen (secondary N) is 2. The van der Waals surface area contributed by atoms with Gasteiger partial charge in [-0.05, 0) is 42.4 Å². The van der Waals surface area contributed by atoms with Gasteiger partial charge in [-0.1, -0.05) is 30.3 Å². The van der Waals surface area contributed by atoms with Gasteiger partial charge < -0.3 is 14.9 Å². The number of pyridine rings is 1. The van der Waals surface area contributed by atoms with Crippen LogP contribution >= 0.6 is 0 Å². The van der Waals surface area contributed by atoms with E-state index in [-0.39, 0.29) is 5.56 Å². The van der Waals surface area contributed by atoms with Crippen molar-refractivity contribution in [2.75, 3.05) is 33.2 Å². The molecule has 0 unspecified atom stereocenters. The molecule has 5 rings (SSSR count). The van der Waals surface area contributed by atoms with Gasteiger partial charge >= 0.3 is 0 Å². The normalized spacial score (nSPS) is 15.7. The first-order valence-electron chi connectivity index (χ1n) is 10.8. The molecule has 3 aromatic heterocycles. The Hall–Kier alpha value is -3.55. The van der Waals surface area contributed by atoms with Gasteiger partial charge in [0.15, 0.2) is 0 Å². The minimum atomic E-state index is -0.150. The van der Waals surface area contributed by atoms with Crippen molar-refractivity contribution in [3.05, 3.63) is 82.2 Å². The number of piperazine rings is 1. The van der Waals surface area contributed by atoms with Crippen molar-refractivity contribution in [3.63, 3.8) is 0 Å². The van der Waals surface area contributed by atoms with Crippen LogP contribution in [-0.4, -0.2) is 63.0 Å². The zero-order valence-electron chi connectivity index (χ0n) is 18.1. The van der Waals surface area contributed by atoms with E-state index >= 15 is 0 Å². The number of aromatic nitrogens is 4. The first-order valence-corrected chi connectivity index (χ1v) is 10.8. The molecule has 0 aliphatic carbocycles. The van der Waals surface area contributed by atoms with Gasteiger partial charge in [0.25, 0.3) is 5.56 Å². The smallest absolute Gasteiger partial charge is 0.260 e. The molecule has 32 heavy (non-hydrogen) atoms. The Morgan fingerprint density at radius 3 is 2.59 bits per heavy atom. The standard InChI is InChI=1S/C25H26N6O/c1-30-10-12-31(13-11-30)16-19-4-2-18(3-5-19)6-7-21-14-20(8-9-26-21)23-15-22-24(29-23)27-17-28-25(22)32/h2-9,14-15,17H,10-13,16H2,1H3,(H2,27,28,29,32)/b7-6+. The Balaban J connectivity index is 1.28. The lowest BCUT2D eigenvalue weighted by Gasteiger charge is -2.32. The van der Waals surface area contributed by atoms with Crippen LogP contribution in [0.4, 0.5) is 0 Å². The van der Waals surface area contributed by atoms with Gasteiger partial charge in [-0.2, -0.15) is 0 Å². The first-order chi connectivity index (χ1) is 15.6. The molecule has 0 saturated carbocycles. The molecular formula is C25H26N6O. The highest BCUT2D eigenvalue weighted by molar-refractivity contribution is 5.82. The number of benzene rings is 1. The average Bonchev–Trinajstić information content (AvgIpc) is 3.26. The number of aromatic amines is 2. The van der Waals surface area contributed by atoms with Crippen molar-refractivity contribution in [2.24, 2.45) is 0 Å². The van der Waals surface area contributed by atoms with E-state index in [0.717, 1.165) is 55.2 Å². The number of likely N-dealkylation sites (N-methyl/N-ethyl adjacent to an activating group) is 1. The summed E-state index contributed by atoms with van der Waals surface area (Å²) in [4.78, 5) is 31.3. The molecule has 0 radical (unpaired) electrons. The summed E-state index contributed by atoms with van der Waals surface area (Å²) < 4.78 is 0. The zero-order chi connectivity index (χ0) is 21.9. The lowest BCUT2D eigenvalue weighted by molar-refractivity contribution is 0.148.